The fourth-order valence-corrected chi connectivity index (χ4v) is 2.87. The third kappa shape index (κ3) is 4.40. The van der Waals surface area contributed by atoms with Crippen LogP contribution in [0.3, 0.4) is 0 Å². The summed E-state index contributed by atoms with van der Waals surface area (Å²) in [6.45, 7) is 5.20. The topological polar surface area (TPSA) is 81.1 Å². The number of hydrogen-bond donors (Lipinski definition) is 1. The normalized spacial score (nSPS) is 10.5. The van der Waals surface area contributed by atoms with Gasteiger partial charge in [0.2, 0.25) is 5.91 Å². The Morgan fingerprint density at radius 3 is 2.57 bits per heavy atom. The molecule has 0 aliphatic heterocycles. The molecule has 0 aliphatic carbocycles. The van der Waals surface area contributed by atoms with Gasteiger partial charge in [-0.1, -0.05) is 29.8 Å². The van der Waals surface area contributed by atoms with Crippen LogP contribution >= 0.6 is 0 Å². The Morgan fingerprint density at radius 2 is 1.82 bits per heavy atom. The van der Waals surface area contributed by atoms with E-state index in [4.69, 9.17) is 0 Å². The van der Waals surface area contributed by atoms with Gasteiger partial charge >= 0.3 is 0 Å². The maximum atomic E-state index is 12.4. The first-order valence-corrected chi connectivity index (χ1v) is 8.90. The van der Waals surface area contributed by atoms with E-state index in [9.17, 15) is 14.4 Å². The van der Waals surface area contributed by atoms with E-state index >= 15 is 0 Å². The summed E-state index contributed by atoms with van der Waals surface area (Å²) in [5.74, 6) is -0.483. The van der Waals surface area contributed by atoms with Crippen molar-refractivity contribution in [3.05, 3.63) is 81.6 Å². The van der Waals surface area contributed by atoms with Gasteiger partial charge in [0.15, 0.2) is 5.78 Å². The fourth-order valence-electron chi connectivity index (χ4n) is 2.87. The van der Waals surface area contributed by atoms with E-state index in [2.05, 4.69) is 10.4 Å². The summed E-state index contributed by atoms with van der Waals surface area (Å²) in [5, 5.41) is 7.06. The van der Waals surface area contributed by atoms with Gasteiger partial charge in [0.1, 0.15) is 6.54 Å². The second kappa shape index (κ2) is 8.00. The molecule has 0 radical (unpaired) electrons. The Balaban J connectivity index is 1.83. The van der Waals surface area contributed by atoms with Gasteiger partial charge in [-0.2, -0.15) is 5.10 Å². The summed E-state index contributed by atoms with van der Waals surface area (Å²) in [7, 11) is 0. The van der Waals surface area contributed by atoms with Crippen LogP contribution in [0.15, 0.2) is 59.4 Å². The lowest BCUT2D eigenvalue weighted by molar-refractivity contribution is -0.117. The molecule has 2 aromatic carbocycles. The highest BCUT2D eigenvalue weighted by atomic mass is 16.2. The van der Waals surface area contributed by atoms with Crippen molar-refractivity contribution in [2.75, 3.05) is 5.32 Å². The van der Waals surface area contributed by atoms with Crippen LogP contribution < -0.4 is 10.9 Å². The van der Waals surface area contributed by atoms with Gasteiger partial charge in [-0.15, -0.1) is 0 Å². The number of hydrogen-bond acceptors (Lipinski definition) is 4. The summed E-state index contributed by atoms with van der Waals surface area (Å²) in [4.78, 5) is 36.0. The minimum absolute atomic E-state index is 0.0878. The van der Waals surface area contributed by atoms with Crippen LogP contribution in [0.4, 0.5) is 5.69 Å². The van der Waals surface area contributed by atoms with Crippen LogP contribution in [0, 0.1) is 13.8 Å². The third-order valence-corrected chi connectivity index (χ3v) is 4.38. The van der Waals surface area contributed by atoms with Crippen LogP contribution in [0.25, 0.3) is 11.3 Å². The van der Waals surface area contributed by atoms with Crippen molar-refractivity contribution in [2.24, 2.45) is 0 Å². The van der Waals surface area contributed by atoms with Gasteiger partial charge in [-0.25, -0.2) is 4.68 Å². The Morgan fingerprint density at radius 1 is 1.04 bits per heavy atom. The molecule has 1 heterocycles. The molecule has 0 atom stereocenters. The highest BCUT2D eigenvalue weighted by Crippen LogP contribution is 2.21. The van der Waals surface area contributed by atoms with E-state index in [-0.39, 0.29) is 17.9 Å². The lowest BCUT2D eigenvalue weighted by Crippen LogP contribution is -2.29. The van der Waals surface area contributed by atoms with Crippen molar-refractivity contribution < 1.29 is 9.59 Å². The molecule has 1 N–H and O–H groups in total. The van der Waals surface area contributed by atoms with E-state index in [1.165, 1.54) is 13.0 Å². The number of carbonyl (C=O) groups excluding carboxylic acids is 2. The number of amides is 1. The first-order chi connectivity index (χ1) is 13.3. The molecule has 0 fully saturated rings. The predicted molar refractivity (Wildman–Crippen MR) is 108 cm³/mol. The van der Waals surface area contributed by atoms with Crippen LogP contribution in [0.1, 0.15) is 28.4 Å². The maximum Gasteiger partial charge on any atom is 0.267 e. The number of anilines is 1. The molecule has 3 aromatic rings. The Hall–Kier alpha value is -3.54. The highest BCUT2D eigenvalue weighted by molar-refractivity contribution is 5.97. The van der Waals surface area contributed by atoms with Crippen molar-refractivity contribution >= 4 is 17.4 Å². The number of ketones is 1. The van der Waals surface area contributed by atoms with E-state index in [1.54, 1.807) is 30.3 Å². The van der Waals surface area contributed by atoms with Crippen molar-refractivity contribution in [1.29, 1.82) is 0 Å². The molecule has 0 aliphatic rings. The van der Waals surface area contributed by atoms with Gasteiger partial charge in [-0.05, 0) is 50.6 Å². The minimum Gasteiger partial charge on any atom is -0.324 e. The van der Waals surface area contributed by atoms with Crippen LogP contribution in [0.5, 0.6) is 0 Å². The summed E-state index contributed by atoms with van der Waals surface area (Å²) < 4.78 is 1.14. The lowest BCUT2D eigenvalue weighted by Gasteiger charge is -2.10. The number of nitrogens with zero attached hydrogens (tertiary/aromatic N) is 2. The number of benzene rings is 2. The zero-order chi connectivity index (χ0) is 20.3. The van der Waals surface area contributed by atoms with E-state index in [0.29, 0.717) is 16.9 Å². The van der Waals surface area contributed by atoms with Crippen LogP contribution in [-0.4, -0.2) is 21.5 Å². The molecule has 0 spiro atoms. The summed E-state index contributed by atoms with van der Waals surface area (Å²) in [6, 6.07) is 15.7. The van der Waals surface area contributed by atoms with E-state index < -0.39 is 5.91 Å². The number of rotatable bonds is 5. The van der Waals surface area contributed by atoms with E-state index in [1.807, 2.05) is 32.0 Å². The zero-order valence-electron chi connectivity index (χ0n) is 16.0. The monoisotopic (exact) mass is 375 g/mol. The Bertz CT molecular complexity index is 1120. The number of nitrogens with one attached hydrogen (secondary N) is 1. The first-order valence-electron chi connectivity index (χ1n) is 8.90. The standard InChI is InChI=1S/C22H21N3O3/c1-14-7-8-15(2)19(11-14)20-9-10-22(28)25(24-20)13-21(27)23-18-6-4-5-17(12-18)16(3)26/h4-12H,13H2,1-3H3,(H,23,27). The largest absolute Gasteiger partial charge is 0.324 e. The van der Waals surface area contributed by atoms with Crippen LogP contribution in [-0.2, 0) is 11.3 Å². The van der Waals surface area contributed by atoms with Crippen molar-refractivity contribution in [2.45, 2.75) is 27.3 Å². The van der Waals surface area contributed by atoms with Crippen molar-refractivity contribution in [3.63, 3.8) is 0 Å². The Kier molecular flexibility index (Phi) is 5.49. The SMILES string of the molecule is CC(=O)c1cccc(NC(=O)Cn2nc(-c3cc(C)ccc3C)ccc2=O)c1. The third-order valence-electron chi connectivity index (χ3n) is 4.38. The summed E-state index contributed by atoms with van der Waals surface area (Å²) in [5.41, 5.74) is 4.32. The molecule has 0 bridgehead atoms. The quantitative estimate of drug-likeness (QED) is 0.693. The van der Waals surface area contributed by atoms with E-state index in [0.717, 1.165) is 21.4 Å². The molecular weight excluding hydrogens is 354 g/mol. The van der Waals surface area contributed by atoms with Gasteiger partial charge in [-0.3, -0.25) is 14.4 Å². The average Bonchev–Trinajstić information content (AvgIpc) is 2.65. The maximum absolute atomic E-state index is 12.4. The number of Topliss-reactive ketones (excluding diaryl/α,β-unsaturated/α-hetero) is 1. The average molecular weight is 375 g/mol. The lowest BCUT2D eigenvalue weighted by atomic mass is 10.0. The summed E-state index contributed by atoms with van der Waals surface area (Å²) >= 11 is 0. The minimum atomic E-state index is -0.395. The second-order valence-electron chi connectivity index (χ2n) is 6.72. The zero-order valence-corrected chi connectivity index (χ0v) is 16.0. The van der Waals surface area contributed by atoms with Gasteiger partial charge in [0.25, 0.3) is 5.56 Å². The molecule has 0 unspecified atom stereocenters. The molecule has 6 heteroatoms. The van der Waals surface area contributed by atoms with Crippen molar-refractivity contribution in [1.82, 2.24) is 9.78 Å². The van der Waals surface area contributed by atoms with Crippen LogP contribution in [0.2, 0.25) is 0 Å². The smallest absolute Gasteiger partial charge is 0.267 e. The molecule has 6 nitrogen and oxygen atoms in total. The number of aromatic nitrogens is 2. The number of carbonyl (C=O) groups is 2. The molecular formula is C22H21N3O3. The highest BCUT2D eigenvalue weighted by Gasteiger charge is 2.11. The molecule has 3 rings (SSSR count). The van der Waals surface area contributed by atoms with Crippen molar-refractivity contribution in [3.8, 4) is 11.3 Å². The molecule has 142 valence electrons. The summed E-state index contributed by atoms with van der Waals surface area (Å²) in [6.07, 6.45) is 0. The number of aryl methyl sites for hydroxylation is 2. The van der Waals surface area contributed by atoms with Gasteiger partial charge in [0, 0.05) is 22.9 Å². The molecule has 0 saturated carbocycles. The Labute approximate surface area is 162 Å². The van der Waals surface area contributed by atoms with Gasteiger partial charge in [0.05, 0.1) is 5.69 Å². The molecule has 28 heavy (non-hydrogen) atoms. The molecule has 1 aromatic heterocycles. The fraction of sp³-hybridized carbons (Fsp3) is 0.182. The van der Waals surface area contributed by atoms with Gasteiger partial charge < -0.3 is 5.32 Å². The first kappa shape index (κ1) is 19.2. The predicted octanol–water partition coefficient (Wildman–Crippen LogP) is 3.37. The molecule has 0 saturated heterocycles. The second-order valence-corrected chi connectivity index (χ2v) is 6.72. The molecule has 1 amide bonds.